The van der Waals surface area contributed by atoms with Crippen molar-refractivity contribution in [3.63, 3.8) is 0 Å². The van der Waals surface area contributed by atoms with E-state index in [1.165, 1.54) is 12.3 Å². The van der Waals surface area contributed by atoms with E-state index < -0.39 is 14.5 Å². The molecule has 0 aliphatic carbocycles. The van der Waals surface area contributed by atoms with Gasteiger partial charge in [-0.25, -0.2) is 0 Å². The maximum absolute atomic E-state index is 9.75. The van der Waals surface area contributed by atoms with Crippen LogP contribution in [0.15, 0.2) is 0 Å². The van der Waals surface area contributed by atoms with E-state index >= 15 is 0 Å². The predicted octanol–water partition coefficient (Wildman–Crippen LogP) is 8.09. The van der Waals surface area contributed by atoms with Crippen molar-refractivity contribution in [2.45, 2.75) is 104 Å². The minimum absolute atomic E-state index is 0. The summed E-state index contributed by atoms with van der Waals surface area (Å²) in [6.45, 7) is 29.3. The summed E-state index contributed by atoms with van der Waals surface area (Å²) < 4.78 is 78.0. The van der Waals surface area contributed by atoms with Crippen LogP contribution in [0.4, 0.5) is 34.5 Å². The summed E-state index contributed by atoms with van der Waals surface area (Å²) in [4.78, 5) is 0. The Morgan fingerprint density at radius 2 is 0.515 bits per heavy atom. The van der Waals surface area contributed by atoms with Crippen molar-refractivity contribution in [1.82, 2.24) is 0 Å². The first kappa shape index (κ1) is 47.3. The smallest absolute Gasteiger partial charge is 0.418 e. The molecule has 0 spiro atoms. The van der Waals surface area contributed by atoms with Crippen LogP contribution in [0.25, 0.3) is 0 Å². The largest absolute Gasteiger partial charge is 2.00 e. The molecule has 2 nitrogen and oxygen atoms in total. The van der Waals surface area contributed by atoms with Crippen molar-refractivity contribution in [3.05, 3.63) is 0 Å². The van der Waals surface area contributed by atoms with Crippen molar-refractivity contribution in [2.75, 3.05) is 12.3 Å². The van der Waals surface area contributed by atoms with Gasteiger partial charge in [-0.2, -0.15) is 0 Å². The number of rotatable bonds is 3. The molecule has 0 aromatic carbocycles. The fraction of sp³-hybridized carbons (Fsp3) is 1.00. The van der Waals surface area contributed by atoms with Crippen LogP contribution in [-0.2, 0) is 21.1 Å². The third-order valence-corrected chi connectivity index (χ3v) is 12.0. The normalized spacial score (nSPS) is 12.9. The standard InChI is InChI=1S/C18H40P2.2BF4.2H2O.Pt/c1-15(2,3)19(16(4,5)6)13-14-20(17(7,8)9)18(10,11)12;2*2-1(3,4)5;;;/h13-14H2,1-12H3;;;2*1H2;/q;2*-1;;;+2. The van der Waals surface area contributed by atoms with Crippen molar-refractivity contribution in [3.8, 4) is 0 Å². The average molecular weight is 723 g/mol. The Hall–Kier alpha value is 1.04. The van der Waals surface area contributed by atoms with Crippen LogP contribution in [0.3, 0.4) is 0 Å². The molecule has 0 amide bonds. The Balaban J connectivity index is -0.000000118. The first-order chi connectivity index (χ1) is 12.5. The number of halogens is 8. The number of hydrogen-bond acceptors (Lipinski definition) is 0. The zero-order valence-electron chi connectivity index (χ0n) is 21.8. The Morgan fingerprint density at radius 3 is 0.576 bits per heavy atom. The average Bonchev–Trinajstić information content (AvgIpc) is 2.22. The maximum atomic E-state index is 9.75. The molecule has 0 radical (unpaired) electrons. The van der Waals surface area contributed by atoms with Gasteiger partial charge >= 0.3 is 35.6 Å². The summed E-state index contributed by atoms with van der Waals surface area (Å²) in [5.41, 5.74) is 0. The zero-order chi connectivity index (χ0) is 25.6. The fourth-order valence-electron chi connectivity index (χ4n) is 3.55. The van der Waals surface area contributed by atoms with E-state index in [9.17, 15) is 34.5 Å². The maximum Gasteiger partial charge on any atom is 2.00 e. The SMILES string of the molecule is CC(C)(C)P(CCP(C(C)(C)C)C(C)(C)C)C(C)(C)C.F[B-](F)(F)F.F[B-](F)(F)F.O.O.[Pt+2]. The summed E-state index contributed by atoms with van der Waals surface area (Å²) in [6.07, 6.45) is 2.87. The first-order valence-corrected chi connectivity index (χ1v) is 12.8. The van der Waals surface area contributed by atoms with Crippen LogP contribution >= 0.6 is 15.8 Å². The minimum atomic E-state index is -6.00. The minimum Gasteiger partial charge on any atom is -0.418 e. The van der Waals surface area contributed by atoms with E-state index in [0.29, 0.717) is 20.6 Å². The van der Waals surface area contributed by atoms with E-state index in [2.05, 4.69) is 83.1 Å². The van der Waals surface area contributed by atoms with Gasteiger partial charge in [0.05, 0.1) is 0 Å². The molecule has 0 aromatic rings. The van der Waals surface area contributed by atoms with Gasteiger partial charge in [-0.1, -0.05) is 98.9 Å². The van der Waals surface area contributed by atoms with Crippen LogP contribution in [-0.4, -0.2) is 58.4 Å². The zero-order valence-corrected chi connectivity index (χ0v) is 25.9. The van der Waals surface area contributed by atoms with Crippen LogP contribution < -0.4 is 0 Å². The second kappa shape index (κ2) is 16.7. The van der Waals surface area contributed by atoms with Crippen molar-refractivity contribution in [1.29, 1.82) is 0 Å². The first-order valence-electron chi connectivity index (χ1n) is 9.77. The van der Waals surface area contributed by atoms with Gasteiger partial charge in [0.25, 0.3) is 0 Å². The molecule has 4 N–H and O–H groups in total. The molecule has 0 aliphatic heterocycles. The number of hydrogen-bond donors (Lipinski definition) is 0. The second-order valence-corrected chi connectivity index (χ2v) is 18.9. The van der Waals surface area contributed by atoms with E-state index in [1.807, 2.05) is 0 Å². The van der Waals surface area contributed by atoms with Gasteiger partial charge in [-0.15, -0.1) is 0 Å². The van der Waals surface area contributed by atoms with E-state index in [-0.39, 0.29) is 47.9 Å². The van der Waals surface area contributed by atoms with Gasteiger partial charge in [0, 0.05) is 0 Å². The predicted molar refractivity (Wildman–Crippen MR) is 130 cm³/mol. The monoisotopic (exact) mass is 723 g/mol. The molecule has 0 saturated carbocycles. The van der Waals surface area contributed by atoms with E-state index in [4.69, 9.17) is 0 Å². The molecule has 0 fully saturated rings. The molecule has 15 heteroatoms. The topological polar surface area (TPSA) is 63.0 Å². The van der Waals surface area contributed by atoms with Gasteiger partial charge in [-0.05, 0) is 32.9 Å². The van der Waals surface area contributed by atoms with Gasteiger partial charge < -0.3 is 45.5 Å². The Morgan fingerprint density at radius 1 is 0.424 bits per heavy atom. The van der Waals surface area contributed by atoms with E-state index in [0.717, 1.165) is 0 Å². The van der Waals surface area contributed by atoms with Gasteiger partial charge in [0.2, 0.25) is 0 Å². The second-order valence-electron chi connectivity index (χ2n) is 11.0. The Labute approximate surface area is 212 Å². The fourth-order valence-corrected chi connectivity index (χ4v) is 11.9. The van der Waals surface area contributed by atoms with Crippen LogP contribution in [0.2, 0.25) is 0 Å². The molecule has 0 aliphatic rings. The molecule has 210 valence electrons. The molecular weight excluding hydrogens is 679 g/mol. The quantitative estimate of drug-likeness (QED) is 0.161. The summed E-state index contributed by atoms with van der Waals surface area (Å²) in [6, 6.07) is 0. The molecule has 0 atom stereocenters. The third kappa shape index (κ3) is 35.3. The Kier molecular flexibility index (Phi) is 23.9. The molecule has 0 unspecified atom stereocenters. The van der Waals surface area contributed by atoms with Crippen LogP contribution in [0.1, 0.15) is 83.1 Å². The van der Waals surface area contributed by atoms with Gasteiger partial charge in [0.1, 0.15) is 0 Å². The Bertz CT molecular complexity index is 401. The molecule has 0 bridgehead atoms. The van der Waals surface area contributed by atoms with Crippen LogP contribution in [0, 0.1) is 0 Å². The molecule has 0 saturated heterocycles. The molecular formula is C18H44B2F8O2P2Pt. The summed E-state index contributed by atoms with van der Waals surface area (Å²) in [5, 5.41) is 1.85. The molecule has 0 aromatic heterocycles. The van der Waals surface area contributed by atoms with Crippen molar-refractivity contribution < 1.29 is 66.5 Å². The van der Waals surface area contributed by atoms with Gasteiger partial charge in [0.15, 0.2) is 0 Å². The van der Waals surface area contributed by atoms with E-state index in [1.54, 1.807) is 0 Å². The third-order valence-electron chi connectivity index (χ3n) is 3.79. The summed E-state index contributed by atoms with van der Waals surface area (Å²) in [7, 11) is -11.9. The molecule has 0 heterocycles. The molecule has 33 heavy (non-hydrogen) atoms. The summed E-state index contributed by atoms with van der Waals surface area (Å²) in [5.74, 6) is 0. The van der Waals surface area contributed by atoms with Gasteiger partial charge in [-0.3, -0.25) is 0 Å². The summed E-state index contributed by atoms with van der Waals surface area (Å²) >= 11 is 0. The van der Waals surface area contributed by atoms with Crippen molar-refractivity contribution >= 4 is 30.4 Å². The molecule has 0 rings (SSSR count). The van der Waals surface area contributed by atoms with Crippen molar-refractivity contribution in [2.24, 2.45) is 0 Å². The van der Waals surface area contributed by atoms with Crippen LogP contribution in [0.5, 0.6) is 0 Å².